The molecule has 4 nitrogen and oxygen atoms in total. The summed E-state index contributed by atoms with van der Waals surface area (Å²) in [6.45, 7) is 2.64. The zero-order valence-corrected chi connectivity index (χ0v) is 13.4. The fraction of sp³-hybridized carbons (Fsp3) is 0.500. The molecule has 0 aromatic heterocycles. The van der Waals surface area contributed by atoms with E-state index in [1.807, 2.05) is 30.5 Å². The van der Waals surface area contributed by atoms with E-state index in [9.17, 15) is 9.59 Å². The second kappa shape index (κ2) is 9.45. The van der Waals surface area contributed by atoms with E-state index in [0.29, 0.717) is 24.4 Å². The SMILES string of the molecule is CCC(CCNC(=O)c1ccc(SC)cc1)CCC(=O)O. The average molecular weight is 309 g/mol. The van der Waals surface area contributed by atoms with E-state index in [4.69, 9.17) is 5.11 Å². The van der Waals surface area contributed by atoms with Crippen molar-refractivity contribution in [2.24, 2.45) is 5.92 Å². The van der Waals surface area contributed by atoms with E-state index in [1.54, 1.807) is 11.8 Å². The molecule has 21 heavy (non-hydrogen) atoms. The minimum Gasteiger partial charge on any atom is -0.481 e. The molecule has 0 aliphatic carbocycles. The quantitative estimate of drug-likeness (QED) is 0.686. The second-order valence-electron chi connectivity index (χ2n) is 4.98. The summed E-state index contributed by atoms with van der Waals surface area (Å²) in [5.74, 6) is -0.484. The standard InChI is InChI=1S/C16H23NO3S/c1-3-12(4-9-15(18)19)10-11-17-16(20)13-5-7-14(21-2)8-6-13/h5-8,12H,3-4,9-11H2,1-2H3,(H,17,20)(H,18,19). The van der Waals surface area contributed by atoms with E-state index < -0.39 is 5.97 Å². The van der Waals surface area contributed by atoms with Crippen molar-refractivity contribution in [1.29, 1.82) is 0 Å². The van der Waals surface area contributed by atoms with Gasteiger partial charge >= 0.3 is 5.97 Å². The van der Waals surface area contributed by atoms with E-state index >= 15 is 0 Å². The third-order valence-corrected chi connectivity index (χ3v) is 4.28. The maximum absolute atomic E-state index is 12.0. The topological polar surface area (TPSA) is 66.4 Å². The van der Waals surface area contributed by atoms with Crippen molar-refractivity contribution in [3.8, 4) is 0 Å². The number of amides is 1. The van der Waals surface area contributed by atoms with E-state index in [0.717, 1.165) is 17.7 Å². The highest BCUT2D eigenvalue weighted by Gasteiger charge is 2.10. The Morgan fingerprint density at radius 3 is 2.43 bits per heavy atom. The van der Waals surface area contributed by atoms with Gasteiger partial charge < -0.3 is 10.4 Å². The van der Waals surface area contributed by atoms with Gasteiger partial charge in [0.1, 0.15) is 0 Å². The molecule has 0 saturated heterocycles. The molecule has 1 unspecified atom stereocenters. The first-order valence-electron chi connectivity index (χ1n) is 7.20. The number of rotatable bonds is 9. The van der Waals surface area contributed by atoms with Gasteiger partial charge in [-0.2, -0.15) is 0 Å². The summed E-state index contributed by atoms with van der Waals surface area (Å²) in [6.07, 6.45) is 4.62. The lowest BCUT2D eigenvalue weighted by atomic mass is 9.96. The Kier molecular flexibility index (Phi) is 7.90. The van der Waals surface area contributed by atoms with Gasteiger partial charge in [0.2, 0.25) is 0 Å². The zero-order valence-electron chi connectivity index (χ0n) is 12.6. The highest BCUT2D eigenvalue weighted by Crippen LogP contribution is 2.16. The molecule has 0 aliphatic rings. The van der Waals surface area contributed by atoms with Crippen LogP contribution in [0.15, 0.2) is 29.2 Å². The van der Waals surface area contributed by atoms with Crippen molar-refractivity contribution in [3.05, 3.63) is 29.8 Å². The fourth-order valence-electron chi connectivity index (χ4n) is 2.11. The van der Waals surface area contributed by atoms with E-state index in [1.165, 1.54) is 0 Å². The number of hydrogen-bond acceptors (Lipinski definition) is 3. The van der Waals surface area contributed by atoms with Crippen LogP contribution < -0.4 is 5.32 Å². The minimum absolute atomic E-state index is 0.0734. The van der Waals surface area contributed by atoms with Crippen LogP contribution >= 0.6 is 11.8 Å². The molecule has 1 aromatic carbocycles. The molecule has 1 atom stereocenters. The van der Waals surface area contributed by atoms with Crippen LogP contribution in [0, 0.1) is 5.92 Å². The molecule has 2 N–H and O–H groups in total. The number of carboxylic acid groups (broad SMARTS) is 1. The second-order valence-corrected chi connectivity index (χ2v) is 5.86. The lowest BCUT2D eigenvalue weighted by Gasteiger charge is -2.14. The molecular weight excluding hydrogens is 286 g/mol. The van der Waals surface area contributed by atoms with Crippen molar-refractivity contribution < 1.29 is 14.7 Å². The minimum atomic E-state index is -0.758. The first-order valence-corrected chi connectivity index (χ1v) is 8.43. The average Bonchev–Trinajstić information content (AvgIpc) is 2.50. The van der Waals surface area contributed by atoms with Crippen molar-refractivity contribution in [2.75, 3.05) is 12.8 Å². The first-order chi connectivity index (χ1) is 10.1. The van der Waals surface area contributed by atoms with Crippen LogP contribution in [0.5, 0.6) is 0 Å². The number of carbonyl (C=O) groups excluding carboxylic acids is 1. The van der Waals surface area contributed by atoms with Gasteiger partial charge in [0.05, 0.1) is 0 Å². The Labute approximate surface area is 130 Å². The van der Waals surface area contributed by atoms with E-state index in [2.05, 4.69) is 12.2 Å². The molecule has 116 valence electrons. The summed E-state index contributed by atoms with van der Waals surface area (Å²) in [5.41, 5.74) is 0.659. The van der Waals surface area contributed by atoms with Gasteiger partial charge in [0.15, 0.2) is 0 Å². The molecule has 1 rings (SSSR count). The third kappa shape index (κ3) is 6.67. The van der Waals surface area contributed by atoms with Gasteiger partial charge in [-0.3, -0.25) is 9.59 Å². The van der Waals surface area contributed by atoms with Crippen LogP contribution in [-0.4, -0.2) is 29.8 Å². The van der Waals surface area contributed by atoms with Crippen LogP contribution in [0.1, 0.15) is 43.0 Å². The molecule has 0 saturated carbocycles. The van der Waals surface area contributed by atoms with Gasteiger partial charge in [0, 0.05) is 23.4 Å². The maximum Gasteiger partial charge on any atom is 0.303 e. The molecular formula is C16H23NO3S. The lowest BCUT2D eigenvalue weighted by Crippen LogP contribution is -2.26. The van der Waals surface area contributed by atoms with Crippen molar-refractivity contribution >= 4 is 23.6 Å². The van der Waals surface area contributed by atoms with Crippen LogP contribution in [0.4, 0.5) is 0 Å². The normalized spacial score (nSPS) is 11.9. The van der Waals surface area contributed by atoms with Gasteiger partial charge in [-0.15, -0.1) is 11.8 Å². The Morgan fingerprint density at radius 1 is 1.24 bits per heavy atom. The molecule has 0 bridgehead atoms. The van der Waals surface area contributed by atoms with Gasteiger partial charge in [-0.25, -0.2) is 0 Å². The van der Waals surface area contributed by atoms with E-state index in [-0.39, 0.29) is 12.3 Å². The summed E-state index contributed by atoms with van der Waals surface area (Å²) >= 11 is 1.64. The summed E-state index contributed by atoms with van der Waals surface area (Å²) < 4.78 is 0. The summed E-state index contributed by atoms with van der Waals surface area (Å²) in [5, 5.41) is 11.6. The fourth-order valence-corrected chi connectivity index (χ4v) is 2.52. The summed E-state index contributed by atoms with van der Waals surface area (Å²) in [6, 6.07) is 7.51. The summed E-state index contributed by atoms with van der Waals surface area (Å²) in [7, 11) is 0. The number of carbonyl (C=O) groups is 2. The summed E-state index contributed by atoms with van der Waals surface area (Å²) in [4.78, 5) is 23.7. The molecule has 5 heteroatoms. The third-order valence-electron chi connectivity index (χ3n) is 3.53. The van der Waals surface area contributed by atoms with Crippen molar-refractivity contribution in [1.82, 2.24) is 5.32 Å². The predicted octanol–water partition coefficient (Wildman–Crippen LogP) is 3.42. The first kappa shape index (κ1) is 17.6. The largest absolute Gasteiger partial charge is 0.481 e. The van der Waals surface area contributed by atoms with Crippen LogP contribution in [-0.2, 0) is 4.79 Å². The number of benzene rings is 1. The van der Waals surface area contributed by atoms with Gasteiger partial charge in [0.25, 0.3) is 5.91 Å². The molecule has 1 amide bonds. The highest BCUT2D eigenvalue weighted by atomic mass is 32.2. The molecule has 0 radical (unpaired) electrons. The van der Waals surface area contributed by atoms with Crippen LogP contribution in [0.25, 0.3) is 0 Å². The molecule has 0 heterocycles. The molecule has 0 aliphatic heterocycles. The monoisotopic (exact) mass is 309 g/mol. The number of nitrogens with one attached hydrogen (secondary N) is 1. The molecule has 1 aromatic rings. The van der Waals surface area contributed by atoms with Crippen molar-refractivity contribution in [2.45, 2.75) is 37.5 Å². The van der Waals surface area contributed by atoms with Crippen LogP contribution in [0.3, 0.4) is 0 Å². The lowest BCUT2D eigenvalue weighted by molar-refractivity contribution is -0.137. The Balaban J connectivity index is 2.35. The van der Waals surface area contributed by atoms with Crippen LogP contribution in [0.2, 0.25) is 0 Å². The van der Waals surface area contributed by atoms with Crippen molar-refractivity contribution in [3.63, 3.8) is 0 Å². The zero-order chi connectivity index (χ0) is 15.7. The smallest absolute Gasteiger partial charge is 0.303 e. The predicted molar refractivity (Wildman–Crippen MR) is 85.8 cm³/mol. The Morgan fingerprint density at radius 2 is 1.90 bits per heavy atom. The molecule has 0 fully saturated rings. The maximum atomic E-state index is 12.0. The number of thioether (sulfide) groups is 1. The molecule has 0 spiro atoms. The van der Waals surface area contributed by atoms with Gasteiger partial charge in [-0.1, -0.05) is 13.3 Å². The number of carboxylic acids is 1. The number of hydrogen-bond donors (Lipinski definition) is 2. The van der Waals surface area contributed by atoms with Gasteiger partial charge in [-0.05, 0) is 49.3 Å². The Bertz CT molecular complexity index is 459. The number of aliphatic carboxylic acids is 1. The highest BCUT2D eigenvalue weighted by molar-refractivity contribution is 7.98. The Hall–Kier alpha value is -1.49.